The van der Waals surface area contributed by atoms with Gasteiger partial charge in [-0.3, -0.25) is 4.90 Å². The van der Waals surface area contributed by atoms with E-state index < -0.39 is 0 Å². The van der Waals surface area contributed by atoms with E-state index in [2.05, 4.69) is 37.8 Å². The highest BCUT2D eigenvalue weighted by Crippen LogP contribution is 2.43. The summed E-state index contributed by atoms with van der Waals surface area (Å²) in [5.41, 5.74) is 0. The van der Waals surface area contributed by atoms with E-state index in [0.29, 0.717) is 0 Å². The van der Waals surface area contributed by atoms with Crippen molar-refractivity contribution in [1.82, 2.24) is 4.90 Å². The zero-order valence-corrected chi connectivity index (χ0v) is 13.0. The van der Waals surface area contributed by atoms with Crippen molar-refractivity contribution in [3.63, 3.8) is 0 Å². The molecule has 0 N–H and O–H groups in total. The first-order chi connectivity index (χ1) is 9.16. The number of allylic oxidation sites excluding steroid dienone is 1. The second-order valence-electron chi connectivity index (χ2n) is 7.60. The van der Waals surface area contributed by atoms with Crippen LogP contribution in [0.3, 0.4) is 0 Å². The van der Waals surface area contributed by atoms with E-state index in [1.807, 2.05) is 0 Å². The van der Waals surface area contributed by atoms with Crippen LogP contribution in [0.1, 0.15) is 52.9 Å². The fourth-order valence-electron chi connectivity index (χ4n) is 4.86. The minimum absolute atomic E-state index is 0.759. The second-order valence-corrected chi connectivity index (χ2v) is 7.60. The van der Waals surface area contributed by atoms with Crippen LogP contribution in [0, 0.1) is 29.6 Å². The molecule has 0 amide bonds. The first-order valence-electron chi connectivity index (χ1n) is 8.57. The normalized spacial score (nSPS) is 45.1. The highest BCUT2D eigenvalue weighted by molar-refractivity contribution is 5.05. The van der Waals surface area contributed by atoms with Gasteiger partial charge in [0.05, 0.1) is 0 Å². The van der Waals surface area contributed by atoms with Gasteiger partial charge < -0.3 is 0 Å². The van der Waals surface area contributed by atoms with E-state index >= 15 is 0 Å². The van der Waals surface area contributed by atoms with Crippen LogP contribution in [-0.2, 0) is 0 Å². The maximum absolute atomic E-state index is 2.78. The number of fused-ring (bicyclic) bond motifs is 1. The topological polar surface area (TPSA) is 3.24 Å². The van der Waals surface area contributed by atoms with Crippen LogP contribution in [-0.4, -0.2) is 24.0 Å². The lowest BCUT2D eigenvalue weighted by Crippen LogP contribution is -2.43. The molecule has 2 aliphatic carbocycles. The Morgan fingerprint density at radius 3 is 2.47 bits per heavy atom. The predicted octanol–water partition coefficient (Wildman–Crippen LogP) is 4.35. The van der Waals surface area contributed by atoms with Crippen LogP contribution >= 0.6 is 0 Å². The Bertz CT molecular complexity index is 325. The van der Waals surface area contributed by atoms with Crippen molar-refractivity contribution in [2.45, 2.75) is 58.9 Å². The number of hydrogen-bond acceptors (Lipinski definition) is 1. The molecule has 3 aliphatic rings. The van der Waals surface area contributed by atoms with Crippen LogP contribution in [0.15, 0.2) is 12.2 Å². The summed E-state index contributed by atoms with van der Waals surface area (Å²) in [5.74, 6) is 4.59. The van der Waals surface area contributed by atoms with Gasteiger partial charge >= 0.3 is 0 Å². The Morgan fingerprint density at radius 1 is 1.05 bits per heavy atom. The molecule has 1 nitrogen and oxygen atoms in total. The molecule has 1 saturated carbocycles. The molecule has 108 valence electrons. The van der Waals surface area contributed by atoms with Gasteiger partial charge in [0.25, 0.3) is 0 Å². The molecule has 0 aromatic heterocycles. The van der Waals surface area contributed by atoms with Crippen molar-refractivity contribution < 1.29 is 0 Å². The quantitative estimate of drug-likeness (QED) is 0.668. The fourth-order valence-corrected chi connectivity index (χ4v) is 4.86. The minimum atomic E-state index is 0.759. The average Bonchev–Trinajstić information content (AvgIpc) is 2.77. The lowest BCUT2D eigenvalue weighted by molar-refractivity contribution is 0.0997. The highest BCUT2D eigenvalue weighted by atomic mass is 15.2. The summed E-state index contributed by atoms with van der Waals surface area (Å²) in [7, 11) is 0. The summed E-state index contributed by atoms with van der Waals surface area (Å²) in [4.78, 5) is 2.78. The smallest absolute Gasteiger partial charge is 0.0133 e. The van der Waals surface area contributed by atoms with Gasteiger partial charge in [0.2, 0.25) is 0 Å². The lowest BCUT2D eigenvalue weighted by atomic mass is 9.66. The van der Waals surface area contributed by atoms with E-state index in [1.165, 1.54) is 45.2 Å². The van der Waals surface area contributed by atoms with Gasteiger partial charge in [-0.2, -0.15) is 0 Å². The predicted molar refractivity (Wildman–Crippen MR) is 82.1 cm³/mol. The fraction of sp³-hybridized carbons (Fsp3) is 0.889. The number of rotatable bonds is 2. The molecule has 0 aromatic carbocycles. The standard InChI is InChI=1S/C18H31N/c1-13-11-19(12-14(13)2)15(3)17-10-6-8-16-7-4-5-9-18(16)17/h6,10,13-18H,4-5,7-9,11-12H2,1-3H3. The molecular formula is C18H31N. The molecular weight excluding hydrogens is 230 g/mol. The zero-order chi connectivity index (χ0) is 13.4. The minimum Gasteiger partial charge on any atom is -0.300 e. The van der Waals surface area contributed by atoms with Gasteiger partial charge in [-0.25, -0.2) is 0 Å². The Hall–Kier alpha value is -0.300. The van der Waals surface area contributed by atoms with Crippen LogP contribution in [0.4, 0.5) is 0 Å². The number of likely N-dealkylation sites (tertiary alicyclic amines) is 1. The molecule has 1 heterocycles. The van der Waals surface area contributed by atoms with Crippen molar-refractivity contribution in [3.8, 4) is 0 Å². The van der Waals surface area contributed by atoms with E-state index in [-0.39, 0.29) is 0 Å². The third-order valence-corrected chi connectivity index (χ3v) is 6.41. The third-order valence-electron chi connectivity index (χ3n) is 6.41. The van der Waals surface area contributed by atoms with Crippen molar-refractivity contribution in [2.75, 3.05) is 13.1 Å². The molecule has 1 heteroatoms. The molecule has 6 atom stereocenters. The Labute approximate surface area is 119 Å². The van der Waals surface area contributed by atoms with Gasteiger partial charge in [-0.15, -0.1) is 0 Å². The number of nitrogens with zero attached hydrogens (tertiary/aromatic N) is 1. The van der Waals surface area contributed by atoms with Crippen molar-refractivity contribution in [2.24, 2.45) is 29.6 Å². The molecule has 2 fully saturated rings. The maximum Gasteiger partial charge on any atom is 0.0133 e. The molecule has 19 heavy (non-hydrogen) atoms. The third kappa shape index (κ3) is 2.63. The van der Waals surface area contributed by atoms with E-state index in [9.17, 15) is 0 Å². The van der Waals surface area contributed by atoms with E-state index in [0.717, 1.165) is 35.6 Å². The molecule has 3 rings (SSSR count). The van der Waals surface area contributed by atoms with Crippen molar-refractivity contribution in [3.05, 3.63) is 12.2 Å². The summed E-state index contributed by atoms with van der Waals surface area (Å²) >= 11 is 0. The number of hydrogen-bond donors (Lipinski definition) is 0. The molecule has 1 saturated heterocycles. The highest BCUT2D eigenvalue weighted by Gasteiger charge is 2.39. The summed E-state index contributed by atoms with van der Waals surface area (Å²) in [6, 6.07) is 0.759. The zero-order valence-electron chi connectivity index (χ0n) is 13.0. The summed E-state index contributed by atoms with van der Waals surface area (Å²) < 4.78 is 0. The molecule has 0 spiro atoms. The average molecular weight is 261 g/mol. The first kappa shape index (κ1) is 13.7. The summed E-state index contributed by atoms with van der Waals surface area (Å²) in [6.45, 7) is 10.00. The van der Waals surface area contributed by atoms with Crippen LogP contribution in [0.25, 0.3) is 0 Å². The van der Waals surface area contributed by atoms with Gasteiger partial charge in [-0.1, -0.05) is 38.8 Å². The molecule has 1 aliphatic heterocycles. The van der Waals surface area contributed by atoms with Crippen LogP contribution in [0.2, 0.25) is 0 Å². The first-order valence-corrected chi connectivity index (χ1v) is 8.57. The Balaban J connectivity index is 1.70. The SMILES string of the molecule is CC1CN(C(C)C2C=CCC3CCCCC32)CC1C. The largest absolute Gasteiger partial charge is 0.300 e. The van der Waals surface area contributed by atoms with Gasteiger partial charge in [0.15, 0.2) is 0 Å². The lowest BCUT2D eigenvalue weighted by Gasteiger charge is -2.43. The Morgan fingerprint density at radius 2 is 1.74 bits per heavy atom. The van der Waals surface area contributed by atoms with Gasteiger partial charge in [0, 0.05) is 19.1 Å². The van der Waals surface area contributed by atoms with Crippen molar-refractivity contribution in [1.29, 1.82) is 0 Å². The van der Waals surface area contributed by atoms with Gasteiger partial charge in [0.1, 0.15) is 0 Å². The molecule has 0 radical (unpaired) electrons. The van der Waals surface area contributed by atoms with Crippen LogP contribution in [0.5, 0.6) is 0 Å². The van der Waals surface area contributed by atoms with Crippen molar-refractivity contribution >= 4 is 0 Å². The monoisotopic (exact) mass is 261 g/mol. The molecule has 0 bridgehead atoms. The maximum atomic E-state index is 2.78. The Kier molecular flexibility index (Phi) is 4.03. The summed E-state index contributed by atoms with van der Waals surface area (Å²) in [6.07, 6.45) is 12.4. The molecule has 6 unspecified atom stereocenters. The van der Waals surface area contributed by atoms with Gasteiger partial charge in [-0.05, 0) is 55.8 Å². The molecule has 0 aromatic rings. The summed E-state index contributed by atoms with van der Waals surface area (Å²) in [5, 5.41) is 0. The van der Waals surface area contributed by atoms with E-state index in [4.69, 9.17) is 0 Å². The van der Waals surface area contributed by atoms with E-state index in [1.54, 1.807) is 0 Å². The van der Waals surface area contributed by atoms with Crippen LogP contribution < -0.4 is 0 Å². The second kappa shape index (κ2) is 5.60.